The van der Waals surface area contributed by atoms with Crippen molar-refractivity contribution in [2.75, 3.05) is 9.80 Å². The molecule has 254 valence electrons. The summed E-state index contributed by atoms with van der Waals surface area (Å²) in [4.78, 5) is 23.1. The van der Waals surface area contributed by atoms with Crippen molar-refractivity contribution in [2.45, 2.75) is 0 Å². The van der Waals surface area contributed by atoms with Crippen LogP contribution in [0.4, 0.5) is 34.6 Å². The van der Waals surface area contributed by atoms with Crippen LogP contribution in [0, 0.1) is 0 Å². The van der Waals surface area contributed by atoms with Crippen LogP contribution in [0.15, 0.2) is 179 Å². The Labute approximate surface area is 308 Å². The molecule has 0 aliphatic heterocycles. The molecule has 0 radical (unpaired) electrons. The van der Waals surface area contributed by atoms with Crippen LogP contribution >= 0.6 is 0 Å². The summed E-state index contributed by atoms with van der Waals surface area (Å²) < 4.78 is 13.9. The van der Waals surface area contributed by atoms with E-state index in [-0.39, 0.29) is 0 Å². The topological polar surface area (TPSA) is 84.3 Å². The van der Waals surface area contributed by atoms with Gasteiger partial charge in [-0.15, -0.1) is 0 Å². The largest absolute Gasteiger partial charge is 0.455 e. The number of pyridine rings is 4. The number of aromatic nitrogens is 4. The molecule has 0 bridgehead atoms. The standard InChI is InChI=1S/C46H28N6O2/c1-2-12-33-29(11-1)18-20-34-43-38(54-45(33)34)28-36-35-26-30-17-19-32(51(39-13-3-7-21-47-39)40-14-4-8-22-48-40)25-31(30)27-37(35)53-46(36)44(43)52(41-15-5-9-23-49-41)42-16-6-10-24-50-42/h1-28H. The second kappa shape index (κ2) is 12.0. The monoisotopic (exact) mass is 696 g/mol. The quantitative estimate of drug-likeness (QED) is 0.170. The second-order valence-electron chi connectivity index (χ2n) is 13.1. The Kier molecular flexibility index (Phi) is 6.69. The highest BCUT2D eigenvalue weighted by Gasteiger charge is 2.28. The highest BCUT2D eigenvalue weighted by atomic mass is 16.3. The van der Waals surface area contributed by atoms with Gasteiger partial charge in [-0.1, -0.05) is 60.7 Å². The third kappa shape index (κ3) is 4.70. The molecule has 0 atom stereocenters. The molecular formula is C46H28N6O2. The first-order valence-corrected chi connectivity index (χ1v) is 17.7. The maximum Gasteiger partial charge on any atom is 0.160 e. The van der Waals surface area contributed by atoms with Gasteiger partial charge in [0.1, 0.15) is 45.7 Å². The Morgan fingerprint density at radius 1 is 0.370 bits per heavy atom. The van der Waals surface area contributed by atoms with Gasteiger partial charge in [0.25, 0.3) is 0 Å². The average molecular weight is 697 g/mol. The van der Waals surface area contributed by atoms with Crippen LogP contribution < -0.4 is 9.80 Å². The van der Waals surface area contributed by atoms with Crippen molar-refractivity contribution in [3.63, 3.8) is 0 Å². The predicted octanol–water partition coefficient (Wildman–Crippen LogP) is 12.3. The van der Waals surface area contributed by atoms with E-state index in [2.05, 4.69) is 80.4 Å². The normalized spacial score (nSPS) is 11.7. The summed E-state index contributed by atoms with van der Waals surface area (Å²) in [5, 5.41) is 8.07. The van der Waals surface area contributed by atoms with Gasteiger partial charge in [0, 0.05) is 52.0 Å². The fourth-order valence-corrected chi connectivity index (χ4v) is 7.62. The average Bonchev–Trinajstić information content (AvgIpc) is 3.79. The molecule has 5 aromatic carbocycles. The summed E-state index contributed by atoms with van der Waals surface area (Å²) in [5.41, 5.74) is 4.79. The van der Waals surface area contributed by atoms with Crippen molar-refractivity contribution < 1.29 is 8.83 Å². The summed E-state index contributed by atoms with van der Waals surface area (Å²) >= 11 is 0. The van der Waals surface area contributed by atoms with Crippen LogP contribution in [-0.2, 0) is 0 Å². The number of furan rings is 2. The van der Waals surface area contributed by atoms with E-state index in [1.807, 2.05) is 84.9 Å². The van der Waals surface area contributed by atoms with Gasteiger partial charge in [-0.25, -0.2) is 19.9 Å². The molecule has 0 saturated heterocycles. The fourth-order valence-electron chi connectivity index (χ4n) is 7.62. The van der Waals surface area contributed by atoms with E-state index in [1.165, 1.54) is 0 Å². The van der Waals surface area contributed by atoms with E-state index >= 15 is 0 Å². The van der Waals surface area contributed by atoms with Gasteiger partial charge in [-0.3, -0.25) is 9.80 Å². The van der Waals surface area contributed by atoms with E-state index in [1.54, 1.807) is 24.8 Å². The highest BCUT2D eigenvalue weighted by Crippen LogP contribution is 2.50. The third-order valence-electron chi connectivity index (χ3n) is 10.00. The molecule has 0 aliphatic carbocycles. The second-order valence-corrected chi connectivity index (χ2v) is 13.1. The molecule has 0 N–H and O–H groups in total. The molecule has 6 aromatic heterocycles. The molecule has 6 heterocycles. The van der Waals surface area contributed by atoms with Crippen molar-refractivity contribution in [1.82, 2.24) is 19.9 Å². The Hall–Kier alpha value is -7.58. The highest BCUT2D eigenvalue weighted by molar-refractivity contribution is 6.27. The van der Waals surface area contributed by atoms with Crippen LogP contribution in [0.25, 0.3) is 65.4 Å². The molecule has 0 amide bonds. The molecule has 8 heteroatoms. The van der Waals surface area contributed by atoms with Crippen LogP contribution in [0.2, 0.25) is 0 Å². The van der Waals surface area contributed by atoms with Gasteiger partial charge < -0.3 is 8.83 Å². The lowest BCUT2D eigenvalue weighted by molar-refractivity contribution is 0.666. The summed E-state index contributed by atoms with van der Waals surface area (Å²) in [6.45, 7) is 0. The van der Waals surface area contributed by atoms with Gasteiger partial charge in [-0.2, -0.15) is 0 Å². The third-order valence-corrected chi connectivity index (χ3v) is 10.00. The number of nitrogens with zero attached hydrogens (tertiary/aromatic N) is 6. The first-order valence-electron chi connectivity index (χ1n) is 17.7. The molecule has 8 nitrogen and oxygen atoms in total. The zero-order chi connectivity index (χ0) is 35.6. The van der Waals surface area contributed by atoms with Crippen molar-refractivity contribution in [1.29, 1.82) is 0 Å². The van der Waals surface area contributed by atoms with Gasteiger partial charge in [0.05, 0.1) is 5.39 Å². The van der Waals surface area contributed by atoms with Gasteiger partial charge in [-0.05, 0) is 101 Å². The fraction of sp³-hybridized carbons (Fsp3) is 0. The lowest BCUT2D eigenvalue weighted by Gasteiger charge is -2.23. The Morgan fingerprint density at radius 3 is 1.61 bits per heavy atom. The van der Waals surface area contributed by atoms with Crippen LogP contribution in [-0.4, -0.2) is 19.9 Å². The number of hydrogen-bond donors (Lipinski definition) is 0. The number of fused-ring (bicyclic) bond motifs is 9. The van der Waals surface area contributed by atoms with Crippen molar-refractivity contribution >= 4 is 100 Å². The summed E-state index contributed by atoms with van der Waals surface area (Å²) in [6, 6.07) is 49.0. The lowest BCUT2D eigenvalue weighted by Crippen LogP contribution is -2.13. The number of hydrogen-bond acceptors (Lipinski definition) is 8. The minimum Gasteiger partial charge on any atom is -0.455 e. The van der Waals surface area contributed by atoms with Crippen molar-refractivity contribution in [3.05, 3.63) is 170 Å². The summed E-state index contributed by atoms with van der Waals surface area (Å²) in [6.07, 6.45) is 7.18. The van der Waals surface area contributed by atoms with Crippen LogP contribution in [0.3, 0.4) is 0 Å². The molecule has 0 unspecified atom stereocenters. The Bertz CT molecular complexity index is 3090. The van der Waals surface area contributed by atoms with E-state index in [9.17, 15) is 0 Å². The zero-order valence-corrected chi connectivity index (χ0v) is 28.7. The first kappa shape index (κ1) is 30.1. The molecule has 0 aliphatic rings. The molecule has 0 saturated carbocycles. The Balaban J connectivity index is 1.21. The van der Waals surface area contributed by atoms with Crippen molar-refractivity contribution in [2.24, 2.45) is 0 Å². The van der Waals surface area contributed by atoms with E-state index < -0.39 is 0 Å². The van der Waals surface area contributed by atoms with Crippen LogP contribution in [0.5, 0.6) is 0 Å². The molecule has 0 fully saturated rings. The molecule has 11 rings (SSSR count). The summed E-state index contributed by atoms with van der Waals surface area (Å²) in [7, 11) is 0. The zero-order valence-electron chi connectivity index (χ0n) is 28.7. The Morgan fingerprint density at radius 2 is 0.963 bits per heavy atom. The first-order chi connectivity index (χ1) is 26.8. The number of rotatable bonds is 6. The summed E-state index contributed by atoms with van der Waals surface area (Å²) in [5.74, 6) is 2.97. The van der Waals surface area contributed by atoms with E-state index in [4.69, 9.17) is 18.8 Å². The minimum absolute atomic E-state index is 0.708. The minimum atomic E-state index is 0.708. The lowest BCUT2D eigenvalue weighted by atomic mass is 10.0. The van der Waals surface area contributed by atoms with Crippen LogP contribution in [0.1, 0.15) is 0 Å². The molecule has 54 heavy (non-hydrogen) atoms. The molecule has 0 spiro atoms. The SMILES string of the molecule is c1ccc(N(c2ccc3cc4c(cc3c2)oc2c(N(c3ccccn3)c3ccccn3)c3c(cc24)oc2c4ccccc4ccc23)c2ccccn2)nc1. The predicted molar refractivity (Wildman–Crippen MR) is 217 cm³/mol. The maximum absolute atomic E-state index is 7.02. The smallest absolute Gasteiger partial charge is 0.160 e. The van der Waals surface area contributed by atoms with Gasteiger partial charge >= 0.3 is 0 Å². The van der Waals surface area contributed by atoms with E-state index in [0.29, 0.717) is 17.2 Å². The van der Waals surface area contributed by atoms with Crippen molar-refractivity contribution in [3.8, 4) is 0 Å². The maximum atomic E-state index is 7.02. The van der Waals surface area contributed by atoms with Gasteiger partial charge in [0.2, 0.25) is 0 Å². The molecular weight excluding hydrogens is 669 g/mol. The number of anilines is 6. The molecule has 11 aromatic rings. The van der Waals surface area contributed by atoms with Gasteiger partial charge in [0.15, 0.2) is 5.58 Å². The van der Waals surface area contributed by atoms with E-state index in [0.717, 1.165) is 82.8 Å². The number of benzene rings is 5.